The minimum absolute atomic E-state index is 0.00524. The summed E-state index contributed by atoms with van der Waals surface area (Å²) in [6, 6.07) is 12.0. The summed E-state index contributed by atoms with van der Waals surface area (Å²) in [6.07, 6.45) is 3.13. The number of aromatic amines is 1. The van der Waals surface area contributed by atoms with Crippen LogP contribution < -0.4 is 9.15 Å². The first-order valence-electron chi connectivity index (χ1n) is 15.7. The number of thiol groups is 1. The van der Waals surface area contributed by atoms with Gasteiger partial charge < -0.3 is 19.4 Å². The van der Waals surface area contributed by atoms with E-state index in [1.54, 1.807) is 49.5 Å². The zero-order valence-electron chi connectivity index (χ0n) is 26.6. The Labute approximate surface area is 285 Å². The lowest BCUT2D eigenvalue weighted by Crippen LogP contribution is -2.41. The van der Waals surface area contributed by atoms with Gasteiger partial charge in [-0.2, -0.15) is 4.41 Å². The van der Waals surface area contributed by atoms with Crippen LogP contribution >= 0.6 is 0 Å². The topological polar surface area (TPSA) is 159 Å². The van der Waals surface area contributed by atoms with Gasteiger partial charge in [0.1, 0.15) is 35.0 Å². The van der Waals surface area contributed by atoms with E-state index in [0.29, 0.717) is 58.6 Å². The van der Waals surface area contributed by atoms with Crippen molar-refractivity contribution in [3.8, 4) is 16.9 Å². The Morgan fingerprint density at radius 2 is 1.92 bits per heavy atom. The standard InChI is InChI=1S/C34H32F3N5O7S/c1-19-14-29(49-40-19)24(34(44)45)4-2-3-13-48-23-7-5-20(6-8-23)21-15-25-26(17-39-33(25)38-16-21)32(43)30-27(36)9-10-28(31(30)37)42(50(46)47)41-12-11-22(35)18-41/h5-10,14-17,22,24,50H,2-4,11-13,18H2,1H3,(H,38,39)(H,44,45)/t22-,24?/m1/s1. The van der Waals surface area contributed by atoms with Gasteiger partial charge in [0.05, 0.1) is 24.4 Å². The number of nitrogens with one attached hydrogen (secondary N) is 1. The monoisotopic (exact) mass is 711 g/mol. The molecule has 2 N–H and O–H groups in total. The van der Waals surface area contributed by atoms with Crippen molar-refractivity contribution in [3.63, 3.8) is 0 Å². The van der Waals surface area contributed by atoms with Gasteiger partial charge in [-0.15, -0.1) is 0 Å². The third kappa shape index (κ3) is 7.21. The number of anilines is 1. The van der Waals surface area contributed by atoms with Crippen LogP contribution in [0.2, 0.25) is 0 Å². The molecule has 1 unspecified atom stereocenters. The Kier molecular flexibility index (Phi) is 10.2. The maximum absolute atomic E-state index is 15.8. The van der Waals surface area contributed by atoms with E-state index in [2.05, 4.69) is 15.1 Å². The number of carboxylic acids is 1. The Balaban J connectivity index is 1.15. The minimum atomic E-state index is -3.48. The zero-order valence-corrected chi connectivity index (χ0v) is 27.5. The third-order valence-electron chi connectivity index (χ3n) is 8.45. The van der Waals surface area contributed by atoms with Gasteiger partial charge in [-0.1, -0.05) is 17.3 Å². The number of aliphatic carboxylic acids is 1. The number of rotatable bonds is 14. The molecule has 2 aromatic carbocycles. The predicted molar refractivity (Wildman–Crippen MR) is 176 cm³/mol. The summed E-state index contributed by atoms with van der Waals surface area (Å²) in [4.78, 5) is 32.5. The second kappa shape index (κ2) is 14.7. The van der Waals surface area contributed by atoms with Crippen LogP contribution in [0, 0.1) is 18.6 Å². The number of aromatic nitrogens is 3. The number of unbranched alkanes of at least 4 members (excludes halogenated alkanes) is 1. The molecule has 0 radical (unpaired) electrons. The van der Waals surface area contributed by atoms with E-state index in [4.69, 9.17) is 9.26 Å². The molecule has 0 aliphatic carbocycles. The number of halogens is 3. The smallest absolute Gasteiger partial charge is 0.314 e. The van der Waals surface area contributed by atoms with Gasteiger partial charge in [0.25, 0.3) is 0 Å². The number of H-pyrrole nitrogens is 1. The summed E-state index contributed by atoms with van der Waals surface area (Å²) in [7, 11) is -3.48. The highest BCUT2D eigenvalue weighted by molar-refractivity contribution is 7.73. The lowest BCUT2D eigenvalue weighted by molar-refractivity contribution is -0.139. The van der Waals surface area contributed by atoms with Gasteiger partial charge in [-0.25, -0.2) is 31.6 Å². The number of alkyl halides is 1. The molecule has 1 aliphatic rings. The molecule has 4 heterocycles. The van der Waals surface area contributed by atoms with Crippen LogP contribution in [0.1, 0.15) is 59.0 Å². The number of carbonyl (C=O) groups is 2. The van der Waals surface area contributed by atoms with Crippen LogP contribution in [0.25, 0.3) is 22.2 Å². The fraction of sp³-hybridized carbons (Fsp3) is 0.294. The molecule has 3 aromatic heterocycles. The molecular formula is C34H32F3N5O7S. The lowest BCUT2D eigenvalue weighted by Gasteiger charge is -2.28. The third-order valence-corrected chi connectivity index (χ3v) is 9.23. The first-order valence-corrected chi connectivity index (χ1v) is 16.9. The normalized spacial score (nSPS) is 15.5. The number of ether oxygens (including phenoxy) is 1. The van der Waals surface area contributed by atoms with Crippen molar-refractivity contribution in [3.05, 3.63) is 95.1 Å². The van der Waals surface area contributed by atoms with E-state index in [0.717, 1.165) is 17.1 Å². The first-order chi connectivity index (χ1) is 24.0. The molecule has 262 valence electrons. The number of nitrogens with zero attached hydrogens (tertiary/aromatic N) is 4. The van der Waals surface area contributed by atoms with Crippen molar-refractivity contribution in [1.82, 2.24) is 20.1 Å². The van der Waals surface area contributed by atoms with Crippen molar-refractivity contribution in [2.45, 2.75) is 44.7 Å². The molecule has 16 heteroatoms. The molecule has 6 rings (SSSR count). The molecule has 12 nitrogen and oxygen atoms in total. The Bertz CT molecular complexity index is 2110. The highest BCUT2D eigenvalue weighted by atomic mass is 32.2. The number of ketones is 1. The van der Waals surface area contributed by atoms with Crippen molar-refractivity contribution in [2.75, 3.05) is 24.1 Å². The van der Waals surface area contributed by atoms with Gasteiger partial charge in [0.2, 0.25) is 16.7 Å². The first kappa shape index (κ1) is 34.6. The number of benzene rings is 2. The van der Waals surface area contributed by atoms with E-state index in [-0.39, 0.29) is 36.1 Å². The number of hydrazine groups is 1. The molecule has 1 saturated heterocycles. The van der Waals surface area contributed by atoms with E-state index in [1.165, 1.54) is 6.20 Å². The SMILES string of the molecule is Cc1cc(C(CCCCOc2ccc(-c3cnc4[nH]cc(C(=O)c5c(F)ccc(N(N6CC[C@@H](F)C6)[SH](=O)=O)c5F)c4c3)cc2)C(=O)O)on1. The summed E-state index contributed by atoms with van der Waals surface area (Å²) in [5.41, 5.74) is 0.573. The van der Waals surface area contributed by atoms with Gasteiger partial charge in [0.15, 0.2) is 11.6 Å². The zero-order chi connectivity index (χ0) is 35.5. The Hall–Kier alpha value is -5.22. The number of fused-ring (bicyclic) bond motifs is 1. The molecule has 0 bridgehead atoms. The van der Waals surface area contributed by atoms with Gasteiger partial charge in [-0.05, 0) is 68.5 Å². The lowest BCUT2D eigenvalue weighted by atomic mass is 9.99. The van der Waals surface area contributed by atoms with Crippen molar-refractivity contribution >= 4 is 39.4 Å². The fourth-order valence-electron chi connectivity index (χ4n) is 5.92. The average Bonchev–Trinajstić information content (AvgIpc) is 3.83. The van der Waals surface area contributed by atoms with Crippen molar-refractivity contribution < 1.29 is 45.5 Å². The van der Waals surface area contributed by atoms with Crippen molar-refractivity contribution in [1.29, 1.82) is 0 Å². The number of pyridine rings is 1. The molecule has 0 spiro atoms. The Morgan fingerprint density at radius 3 is 2.58 bits per heavy atom. The van der Waals surface area contributed by atoms with Gasteiger partial charge in [-0.3, -0.25) is 9.59 Å². The van der Waals surface area contributed by atoms with E-state index >= 15 is 8.78 Å². The number of carboxylic acid groups (broad SMARTS) is 1. The van der Waals surface area contributed by atoms with E-state index in [1.807, 2.05) is 0 Å². The second-order valence-corrected chi connectivity index (χ2v) is 12.7. The molecule has 1 aliphatic heterocycles. The number of carbonyl (C=O) groups excluding carboxylic acids is 1. The van der Waals surface area contributed by atoms with Crippen molar-refractivity contribution in [2.24, 2.45) is 0 Å². The molecule has 5 aromatic rings. The van der Waals surface area contributed by atoms with Gasteiger partial charge in [0, 0.05) is 41.5 Å². The summed E-state index contributed by atoms with van der Waals surface area (Å²) in [5, 5.41) is 14.7. The number of hydrogen-bond acceptors (Lipinski definition) is 9. The molecule has 2 atom stereocenters. The maximum Gasteiger partial charge on any atom is 0.314 e. The van der Waals surface area contributed by atoms with E-state index in [9.17, 15) is 27.5 Å². The molecule has 1 fully saturated rings. The second-order valence-electron chi connectivity index (χ2n) is 11.9. The average molecular weight is 712 g/mol. The summed E-state index contributed by atoms with van der Waals surface area (Å²) < 4.78 is 80.4. The van der Waals surface area contributed by atoms with Crippen LogP contribution in [0.5, 0.6) is 5.75 Å². The largest absolute Gasteiger partial charge is 0.494 e. The molecule has 50 heavy (non-hydrogen) atoms. The predicted octanol–water partition coefficient (Wildman–Crippen LogP) is 5.74. The Morgan fingerprint density at radius 1 is 1.14 bits per heavy atom. The maximum atomic E-state index is 15.8. The molecule has 0 saturated carbocycles. The van der Waals surface area contributed by atoms with Gasteiger partial charge >= 0.3 is 5.97 Å². The summed E-state index contributed by atoms with van der Waals surface area (Å²) in [5.74, 6) is -4.48. The molecular weight excluding hydrogens is 679 g/mol. The fourth-order valence-corrected chi connectivity index (χ4v) is 6.62. The summed E-state index contributed by atoms with van der Waals surface area (Å²) >= 11 is 0. The van der Waals surface area contributed by atoms with Crippen LogP contribution in [0.4, 0.5) is 18.9 Å². The minimum Gasteiger partial charge on any atom is -0.494 e. The quantitative estimate of drug-likeness (QED) is 0.0736. The highest BCUT2D eigenvalue weighted by Gasteiger charge is 2.33. The van der Waals surface area contributed by atoms with Crippen LogP contribution in [0.15, 0.2) is 65.4 Å². The number of aryl methyl sites for hydroxylation is 1. The van der Waals surface area contributed by atoms with Crippen LogP contribution in [0.3, 0.4) is 0 Å². The van der Waals surface area contributed by atoms with Crippen LogP contribution in [-0.4, -0.2) is 71.3 Å². The highest BCUT2D eigenvalue weighted by Crippen LogP contribution is 2.33. The molecule has 0 amide bonds. The number of hydrogen-bond donors (Lipinski definition) is 3. The summed E-state index contributed by atoms with van der Waals surface area (Å²) in [6.45, 7) is 1.78. The van der Waals surface area contributed by atoms with Crippen LogP contribution in [-0.2, 0) is 15.7 Å². The van der Waals surface area contributed by atoms with E-state index < -0.39 is 57.6 Å².